The number of thioether (sulfide) groups is 1. The number of unbranched alkanes of at least 4 members (excludes halogenated alkanes) is 1. The number of nitrogens with one attached hydrogen (secondary N) is 1. The van der Waals surface area contributed by atoms with Gasteiger partial charge in [-0.15, -0.1) is 11.8 Å². The van der Waals surface area contributed by atoms with E-state index in [4.69, 9.17) is 16.3 Å². The van der Waals surface area contributed by atoms with Crippen molar-refractivity contribution in [3.8, 4) is 0 Å². The van der Waals surface area contributed by atoms with Crippen molar-refractivity contribution in [1.29, 1.82) is 0 Å². The minimum atomic E-state index is -0.344. The van der Waals surface area contributed by atoms with Crippen molar-refractivity contribution in [1.82, 2.24) is 0 Å². The lowest BCUT2D eigenvalue weighted by Gasteiger charge is -2.12. The molecule has 0 saturated carbocycles. The largest absolute Gasteiger partial charge is 0.462 e. The van der Waals surface area contributed by atoms with Gasteiger partial charge in [-0.3, -0.25) is 4.79 Å². The van der Waals surface area contributed by atoms with Crippen LogP contribution in [-0.4, -0.2) is 23.7 Å². The Morgan fingerprint density at radius 1 is 1.12 bits per heavy atom. The number of esters is 1. The standard InChI is InChI=1S/C20H22ClNO3S/c1-3-4-13-25-20(24)15-5-9-17(10-6-15)22-19(23)14(2)26-18-11-7-16(21)8-12-18/h5-12,14H,3-4,13H2,1-2H3,(H,22,23)/t14-/m1/s1. The van der Waals surface area contributed by atoms with Crippen LogP contribution < -0.4 is 5.32 Å². The molecule has 1 amide bonds. The fourth-order valence-electron chi connectivity index (χ4n) is 2.10. The number of ether oxygens (including phenoxy) is 1. The summed E-state index contributed by atoms with van der Waals surface area (Å²) in [6, 6.07) is 14.1. The van der Waals surface area contributed by atoms with Gasteiger partial charge >= 0.3 is 5.97 Å². The van der Waals surface area contributed by atoms with E-state index < -0.39 is 0 Å². The first-order chi connectivity index (χ1) is 12.5. The lowest BCUT2D eigenvalue weighted by atomic mass is 10.2. The minimum absolute atomic E-state index is 0.108. The predicted octanol–water partition coefficient (Wildman–Crippen LogP) is 5.42. The molecule has 0 saturated heterocycles. The molecule has 0 spiro atoms. The molecular weight excluding hydrogens is 370 g/mol. The fourth-order valence-corrected chi connectivity index (χ4v) is 3.09. The maximum atomic E-state index is 12.3. The summed E-state index contributed by atoms with van der Waals surface area (Å²) in [4.78, 5) is 25.2. The maximum Gasteiger partial charge on any atom is 0.338 e. The minimum Gasteiger partial charge on any atom is -0.462 e. The summed E-state index contributed by atoms with van der Waals surface area (Å²) in [5.74, 6) is -0.453. The zero-order chi connectivity index (χ0) is 18.9. The van der Waals surface area contributed by atoms with Crippen LogP contribution in [0.25, 0.3) is 0 Å². The Bertz CT molecular complexity index is 732. The van der Waals surface area contributed by atoms with Crippen LogP contribution in [0, 0.1) is 0 Å². The van der Waals surface area contributed by atoms with E-state index in [0.29, 0.717) is 22.9 Å². The number of carbonyl (C=O) groups excluding carboxylic acids is 2. The van der Waals surface area contributed by atoms with Gasteiger partial charge in [-0.1, -0.05) is 24.9 Å². The van der Waals surface area contributed by atoms with E-state index in [1.54, 1.807) is 36.4 Å². The highest BCUT2D eigenvalue weighted by atomic mass is 35.5. The number of hydrogen-bond donors (Lipinski definition) is 1. The SMILES string of the molecule is CCCCOC(=O)c1ccc(NC(=O)[C@@H](C)Sc2ccc(Cl)cc2)cc1. The monoisotopic (exact) mass is 391 g/mol. The number of hydrogen-bond acceptors (Lipinski definition) is 4. The van der Waals surface area contributed by atoms with Crippen LogP contribution in [0.1, 0.15) is 37.0 Å². The Morgan fingerprint density at radius 3 is 2.38 bits per heavy atom. The van der Waals surface area contributed by atoms with Crippen molar-refractivity contribution in [2.75, 3.05) is 11.9 Å². The van der Waals surface area contributed by atoms with Gasteiger partial charge in [0, 0.05) is 15.6 Å². The third kappa shape index (κ3) is 6.39. The van der Waals surface area contributed by atoms with Gasteiger partial charge in [0.25, 0.3) is 0 Å². The van der Waals surface area contributed by atoms with Crippen LogP contribution in [0.4, 0.5) is 5.69 Å². The van der Waals surface area contributed by atoms with E-state index in [0.717, 1.165) is 17.7 Å². The molecule has 2 aromatic rings. The number of rotatable bonds is 8. The Labute approximate surface area is 163 Å². The molecule has 2 rings (SSSR count). The molecule has 138 valence electrons. The highest BCUT2D eigenvalue weighted by Gasteiger charge is 2.15. The van der Waals surface area contributed by atoms with Gasteiger partial charge in [-0.25, -0.2) is 4.79 Å². The summed E-state index contributed by atoms with van der Waals surface area (Å²) in [5.41, 5.74) is 1.12. The van der Waals surface area contributed by atoms with Gasteiger partial charge < -0.3 is 10.1 Å². The van der Waals surface area contributed by atoms with E-state index in [-0.39, 0.29) is 17.1 Å². The fraction of sp³-hybridized carbons (Fsp3) is 0.300. The number of amides is 1. The Hall–Kier alpha value is -1.98. The van der Waals surface area contributed by atoms with Crippen molar-refractivity contribution in [3.05, 3.63) is 59.1 Å². The van der Waals surface area contributed by atoms with E-state index >= 15 is 0 Å². The number of carbonyl (C=O) groups is 2. The Balaban J connectivity index is 1.88. The Morgan fingerprint density at radius 2 is 1.77 bits per heavy atom. The first kappa shape index (κ1) is 20.3. The molecule has 0 bridgehead atoms. The third-order valence-electron chi connectivity index (χ3n) is 3.61. The Kier molecular flexibility index (Phi) is 8.01. The van der Waals surface area contributed by atoms with Crippen LogP contribution in [0.15, 0.2) is 53.4 Å². The molecule has 2 aromatic carbocycles. The molecule has 4 nitrogen and oxygen atoms in total. The molecule has 0 aliphatic heterocycles. The summed E-state index contributed by atoms with van der Waals surface area (Å²) in [6.07, 6.45) is 1.83. The molecule has 1 N–H and O–H groups in total. The van der Waals surface area contributed by atoms with Crippen molar-refractivity contribution in [3.63, 3.8) is 0 Å². The molecule has 26 heavy (non-hydrogen) atoms. The van der Waals surface area contributed by atoms with E-state index in [9.17, 15) is 9.59 Å². The van der Waals surface area contributed by atoms with Gasteiger partial charge in [0.1, 0.15) is 0 Å². The van der Waals surface area contributed by atoms with Gasteiger partial charge in [-0.05, 0) is 61.9 Å². The van der Waals surface area contributed by atoms with Crippen molar-refractivity contribution < 1.29 is 14.3 Å². The van der Waals surface area contributed by atoms with Gasteiger partial charge in [0.05, 0.1) is 17.4 Å². The van der Waals surface area contributed by atoms with E-state index in [1.807, 2.05) is 26.0 Å². The molecule has 6 heteroatoms. The van der Waals surface area contributed by atoms with Crippen LogP contribution >= 0.6 is 23.4 Å². The van der Waals surface area contributed by atoms with Crippen LogP contribution in [0.2, 0.25) is 5.02 Å². The smallest absolute Gasteiger partial charge is 0.338 e. The van der Waals surface area contributed by atoms with Crippen LogP contribution in [0.3, 0.4) is 0 Å². The normalized spacial score (nSPS) is 11.7. The van der Waals surface area contributed by atoms with E-state index in [1.165, 1.54) is 11.8 Å². The lowest BCUT2D eigenvalue weighted by molar-refractivity contribution is -0.115. The van der Waals surface area contributed by atoms with Gasteiger partial charge in [0.15, 0.2) is 0 Å². The summed E-state index contributed by atoms with van der Waals surface area (Å²) >= 11 is 7.32. The quantitative estimate of drug-likeness (QED) is 0.371. The van der Waals surface area contributed by atoms with Gasteiger partial charge in [-0.2, -0.15) is 0 Å². The molecule has 0 fully saturated rings. The summed E-state index contributed by atoms with van der Waals surface area (Å²) in [6.45, 7) is 4.30. The lowest BCUT2D eigenvalue weighted by Crippen LogP contribution is -2.22. The average molecular weight is 392 g/mol. The molecule has 0 aliphatic carbocycles. The second-order valence-corrected chi connectivity index (χ2v) is 7.62. The first-order valence-corrected chi connectivity index (χ1v) is 9.75. The number of benzene rings is 2. The highest BCUT2D eigenvalue weighted by molar-refractivity contribution is 8.00. The molecule has 0 aromatic heterocycles. The molecular formula is C20H22ClNO3S. The number of halogens is 1. The summed E-state index contributed by atoms with van der Waals surface area (Å²) in [7, 11) is 0. The van der Waals surface area contributed by atoms with Crippen molar-refractivity contribution >= 4 is 40.9 Å². The second-order valence-electron chi connectivity index (χ2n) is 5.77. The topological polar surface area (TPSA) is 55.4 Å². The summed E-state index contributed by atoms with van der Waals surface area (Å²) < 4.78 is 5.16. The zero-order valence-electron chi connectivity index (χ0n) is 14.8. The maximum absolute atomic E-state index is 12.3. The molecule has 1 atom stereocenters. The average Bonchev–Trinajstić information content (AvgIpc) is 2.64. The second kappa shape index (κ2) is 10.2. The van der Waals surface area contributed by atoms with Crippen LogP contribution in [-0.2, 0) is 9.53 Å². The zero-order valence-corrected chi connectivity index (χ0v) is 16.4. The number of anilines is 1. The predicted molar refractivity (Wildman–Crippen MR) is 107 cm³/mol. The van der Waals surface area contributed by atoms with Crippen molar-refractivity contribution in [2.24, 2.45) is 0 Å². The first-order valence-electron chi connectivity index (χ1n) is 8.50. The van der Waals surface area contributed by atoms with E-state index in [2.05, 4.69) is 5.32 Å². The summed E-state index contributed by atoms with van der Waals surface area (Å²) in [5, 5.41) is 3.25. The van der Waals surface area contributed by atoms with Gasteiger partial charge in [0.2, 0.25) is 5.91 Å². The molecule has 0 heterocycles. The third-order valence-corrected chi connectivity index (χ3v) is 4.98. The van der Waals surface area contributed by atoms with Crippen molar-refractivity contribution in [2.45, 2.75) is 36.8 Å². The highest BCUT2D eigenvalue weighted by Crippen LogP contribution is 2.25. The molecule has 0 radical (unpaired) electrons. The van der Waals surface area contributed by atoms with Crippen LogP contribution in [0.5, 0.6) is 0 Å². The molecule has 0 aliphatic rings. The molecule has 0 unspecified atom stereocenters.